The summed E-state index contributed by atoms with van der Waals surface area (Å²) < 4.78 is 35.3. The summed E-state index contributed by atoms with van der Waals surface area (Å²) in [7, 11) is -1.64. The van der Waals surface area contributed by atoms with Crippen molar-refractivity contribution in [1.82, 2.24) is 5.32 Å². The molecule has 0 aliphatic heterocycles. The maximum Gasteiger partial charge on any atom is 0.287 e. The smallest absolute Gasteiger partial charge is 0.287 e. The molecule has 0 saturated heterocycles. The van der Waals surface area contributed by atoms with Crippen molar-refractivity contribution in [2.24, 2.45) is 0 Å². The van der Waals surface area contributed by atoms with E-state index >= 15 is 0 Å². The SMILES string of the molecule is COc1ccc2oc(C(=O)NCCCS(=O)(=O)Cc3ccccc3)c(C)c2c1. The highest BCUT2D eigenvalue weighted by Gasteiger charge is 2.18. The first-order valence-electron chi connectivity index (χ1n) is 8.99. The van der Waals surface area contributed by atoms with E-state index in [-0.39, 0.29) is 29.7 Å². The van der Waals surface area contributed by atoms with E-state index < -0.39 is 9.84 Å². The molecule has 0 spiro atoms. The number of furan rings is 1. The minimum Gasteiger partial charge on any atom is -0.497 e. The third kappa shape index (κ3) is 4.72. The molecule has 7 heteroatoms. The van der Waals surface area contributed by atoms with Crippen molar-refractivity contribution in [3.05, 3.63) is 65.4 Å². The van der Waals surface area contributed by atoms with Gasteiger partial charge in [-0.15, -0.1) is 0 Å². The number of fused-ring (bicyclic) bond motifs is 1. The summed E-state index contributed by atoms with van der Waals surface area (Å²) in [6, 6.07) is 14.4. The van der Waals surface area contributed by atoms with Crippen LogP contribution in [0.4, 0.5) is 0 Å². The van der Waals surface area contributed by atoms with Crippen molar-refractivity contribution in [3.63, 3.8) is 0 Å². The highest BCUT2D eigenvalue weighted by molar-refractivity contribution is 7.90. The number of ether oxygens (including phenoxy) is 1. The molecule has 0 fully saturated rings. The molecular formula is C21H23NO5S. The Hall–Kier alpha value is -2.80. The van der Waals surface area contributed by atoms with Crippen molar-refractivity contribution < 1.29 is 22.4 Å². The maximum atomic E-state index is 12.4. The van der Waals surface area contributed by atoms with Crippen LogP contribution in [0.3, 0.4) is 0 Å². The second-order valence-corrected chi connectivity index (χ2v) is 8.79. The van der Waals surface area contributed by atoms with Gasteiger partial charge in [0.15, 0.2) is 15.6 Å². The summed E-state index contributed by atoms with van der Waals surface area (Å²) in [5.74, 6) is 0.584. The number of sulfone groups is 1. The number of nitrogens with one attached hydrogen (secondary N) is 1. The highest BCUT2D eigenvalue weighted by Crippen LogP contribution is 2.28. The Morgan fingerprint density at radius 3 is 2.61 bits per heavy atom. The predicted octanol–water partition coefficient (Wildman–Crippen LogP) is 3.48. The number of hydrogen-bond acceptors (Lipinski definition) is 5. The molecule has 1 N–H and O–H groups in total. The van der Waals surface area contributed by atoms with Gasteiger partial charge in [0.05, 0.1) is 18.6 Å². The molecule has 0 saturated carbocycles. The summed E-state index contributed by atoms with van der Waals surface area (Å²) in [6.07, 6.45) is 0.341. The topological polar surface area (TPSA) is 85.6 Å². The van der Waals surface area contributed by atoms with Crippen LogP contribution in [0.5, 0.6) is 5.75 Å². The van der Waals surface area contributed by atoms with E-state index in [0.717, 1.165) is 16.5 Å². The van der Waals surface area contributed by atoms with Gasteiger partial charge in [-0.1, -0.05) is 30.3 Å². The normalized spacial score (nSPS) is 11.5. The number of methoxy groups -OCH3 is 1. The van der Waals surface area contributed by atoms with Gasteiger partial charge in [0.25, 0.3) is 5.91 Å². The standard InChI is InChI=1S/C21H23NO5S/c1-15-18-13-17(26-2)9-10-19(18)27-20(15)21(23)22-11-6-12-28(24,25)14-16-7-4-3-5-8-16/h3-5,7-10,13H,6,11-12,14H2,1-2H3,(H,22,23). The first kappa shape index (κ1) is 19.9. The van der Waals surface area contributed by atoms with E-state index in [2.05, 4.69) is 5.32 Å². The van der Waals surface area contributed by atoms with Crippen molar-refractivity contribution in [2.75, 3.05) is 19.4 Å². The van der Waals surface area contributed by atoms with Gasteiger partial charge < -0.3 is 14.5 Å². The lowest BCUT2D eigenvalue weighted by Gasteiger charge is -2.06. The van der Waals surface area contributed by atoms with Gasteiger partial charge in [-0.3, -0.25) is 4.79 Å². The fraction of sp³-hybridized carbons (Fsp3) is 0.286. The van der Waals surface area contributed by atoms with E-state index in [4.69, 9.17) is 9.15 Å². The Bertz CT molecular complexity index is 1070. The molecule has 0 unspecified atom stereocenters. The van der Waals surface area contributed by atoms with Gasteiger partial charge in [-0.05, 0) is 37.1 Å². The van der Waals surface area contributed by atoms with Gasteiger partial charge >= 0.3 is 0 Å². The van der Waals surface area contributed by atoms with Crippen LogP contribution >= 0.6 is 0 Å². The summed E-state index contributed by atoms with van der Waals surface area (Å²) >= 11 is 0. The molecule has 148 valence electrons. The minimum atomic E-state index is -3.22. The zero-order valence-corrected chi connectivity index (χ0v) is 16.7. The van der Waals surface area contributed by atoms with Crippen LogP contribution in [0.15, 0.2) is 52.9 Å². The molecular weight excluding hydrogens is 378 g/mol. The van der Waals surface area contributed by atoms with Crippen LogP contribution in [-0.2, 0) is 15.6 Å². The van der Waals surface area contributed by atoms with E-state index in [9.17, 15) is 13.2 Å². The number of benzene rings is 2. The third-order valence-electron chi connectivity index (χ3n) is 4.50. The number of amides is 1. The van der Waals surface area contributed by atoms with Crippen LogP contribution in [0, 0.1) is 6.92 Å². The van der Waals surface area contributed by atoms with Gasteiger partial charge in [0.1, 0.15) is 11.3 Å². The number of carbonyl (C=O) groups is 1. The van der Waals surface area contributed by atoms with E-state index in [1.807, 2.05) is 31.2 Å². The third-order valence-corrected chi connectivity index (χ3v) is 6.18. The molecule has 6 nitrogen and oxygen atoms in total. The fourth-order valence-corrected chi connectivity index (χ4v) is 4.45. The Kier molecular flexibility index (Phi) is 6.04. The quantitative estimate of drug-likeness (QED) is 0.584. The average Bonchev–Trinajstić information content (AvgIpc) is 3.01. The fourth-order valence-electron chi connectivity index (χ4n) is 3.02. The van der Waals surface area contributed by atoms with E-state index in [1.165, 1.54) is 0 Å². The molecule has 3 rings (SSSR count). The lowest BCUT2D eigenvalue weighted by Crippen LogP contribution is -2.26. The van der Waals surface area contributed by atoms with E-state index in [1.54, 1.807) is 31.4 Å². The Morgan fingerprint density at radius 2 is 1.89 bits per heavy atom. The molecule has 28 heavy (non-hydrogen) atoms. The predicted molar refractivity (Wildman–Crippen MR) is 108 cm³/mol. The molecule has 0 aliphatic carbocycles. The molecule has 0 radical (unpaired) electrons. The zero-order valence-electron chi connectivity index (χ0n) is 15.9. The Morgan fingerprint density at radius 1 is 1.14 bits per heavy atom. The molecule has 1 heterocycles. The summed E-state index contributed by atoms with van der Waals surface area (Å²) in [6.45, 7) is 2.07. The van der Waals surface area contributed by atoms with Crippen molar-refractivity contribution in [3.8, 4) is 5.75 Å². The number of carbonyl (C=O) groups excluding carboxylic acids is 1. The molecule has 0 aliphatic rings. The largest absolute Gasteiger partial charge is 0.497 e. The molecule has 0 bridgehead atoms. The lowest BCUT2D eigenvalue weighted by atomic mass is 10.1. The Labute approximate surface area is 164 Å². The average molecular weight is 401 g/mol. The molecule has 0 atom stereocenters. The maximum absolute atomic E-state index is 12.4. The first-order chi connectivity index (χ1) is 13.4. The minimum absolute atomic E-state index is 0.00625. The summed E-state index contributed by atoms with van der Waals surface area (Å²) in [5, 5.41) is 3.55. The zero-order chi connectivity index (χ0) is 20.1. The monoisotopic (exact) mass is 401 g/mol. The van der Waals surface area contributed by atoms with Gasteiger partial charge in [0.2, 0.25) is 0 Å². The Balaban J connectivity index is 1.56. The van der Waals surface area contributed by atoms with Crippen molar-refractivity contribution in [1.29, 1.82) is 0 Å². The molecule has 1 amide bonds. The van der Waals surface area contributed by atoms with Crippen LogP contribution in [0.2, 0.25) is 0 Å². The molecule has 3 aromatic rings. The van der Waals surface area contributed by atoms with Crippen LogP contribution in [-0.4, -0.2) is 33.7 Å². The number of aryl methyl sites for hydroxylation is 1. The van der Waals surface area contributed by atoms with Gasteiger partial charge in [0, 0.05) is 17.5 Å². The van der Waals surface area contributed by atoms with Crippen molar-refractivity contribution in [2.45, 2.75) is 19.1 Å². The van der Waals surface area contributed by atoms with Gasteiger partial charge in [-0.2, -0.15) is 0 Å². The molecule has 1 aromatic heterocycles. The van der Waals surface area contributed by atoms with Crippen LogP contribution < -0.4 is 10.1 Å². The first-order valence-corrected chi connectivity index (χ1v) is 10.8. The van der Waals surface area contributed by atoms with E-state index in [0.29, 0.717) is 17.8 Å². The second kappa shape index (κ2) is 8.48. The number of rotatable bonds is 8. The highest BCUT2D eigenvalue weighted by atomic mass is 32.2. The van der Waals surface area contributed by atoms with Crippen LogP contribution in [0.1, 0.15) is 28.1 Å². The summed E-state index contributed by atoms with van der Waals surface area (Å²) in [4.78, 5) is 12.4. The molecule has 2 aromatic carbocycles. The van der Waals surface area contributed by atoms with Gasteiger partial charge in [-0.25, -0.2) is 8.42 Å². The van der Waals surface area contributed by atoms with Crippen molar-refractivity contribution >= 4 is 26.7 Å². The number of hydrogen-bond donors (Lipinski definition) is 1. The lowest BCUT2D eigenvalue weighted by molar-refractivity contribution is 0.0927. The summed E-state index contributed by atoms with van der Waals surface area (Å²) in [5.41, 5.74) is 2.09. The van der Waals surface area contributed by atoms with Crippen LogP contribution in [0.25, 0.3) is 11.0 Å². The second-order valence-electron chi connectivity index (χ2n) is 6.61.